The van der Waals surface area contributed by atoms with Crippen molar-refractivity contribution in [1.82, 2.24) is 4.98 Å². The highest BCUT2D eigenvalue weighted by Crippen LogP contribution is 2.37. The van der Waals surface area contributed by atoms with Crippen molar-refractivity contribution in [2.45, 2.75) is 17.4 Å². The average Bonchev–Trinajstić information content (AvgIpc) is 3.00. The van der Waals surface area contributed by atoms with Gasteiger partial charge < -0.3 is 15.3 Å². The summed E-state index contributed by atoms with van der Waals surface area (Å²) in [5.41, 5.74) is 8.65. The van der Waals surface area contributed by atoms with Crippen LogP contribution in [0.15, 0.2) is 58.2 Å². The molecule has 0 aliphatic carbocycles. The van der Waals surface area contributed by atoms with E-state index in [0.29, 0.717) is 27.4 Å². The van der Waals surface area contributed by atoms with Crippen molar-refractivity contribution in [2.24, 2.45) is 0 Å². The SMILES string of the molecule is CC(Sc1nc(-c2ccc(Cl)cc2)c(-c2ccc(N)cc2)o1)C(=O)O. The van der Waals surface area contributed by atoms with Crippen LogP contribution in [0.3, 0.4) is 0 Å². The number of benzene rings is 2. The van der Waals surface area contributed by atoms with E-state index in [2.05, 4.69) is 4.98 Å². The van der Waals surface area contributed by atoms with Crippen molar-refractivity contribution in [3.63, 3.8) is 0 Å². The molecule has 0 fully saturated rings. The normalized spacial score (nSPS) is 12.1. The maximum Gasteiger partial charge on any atom is 0.316 e. The van der Waals surface area contributed by atoms with E-state index in [1.165, 1.54) is 0 Å². The van der Waals surface area contributed by atoms with Crippen LogP contribution in [0, 0.1) is 0 Å². The van der Waals surface area contributed by atoms with E-state index in [4.69, 9.17) is 26.9 Å². The zero-order chi connectivity index (χ0) is 18.0. The second-order valence-electron chi connectivity index (χ2n) is 5.38. The standard InChI is InChI=1S/C18H15ClN2O3S/c1-10(17(22)23)25-18-21-15(11-2-6-13(19)7-3-11)16(24-18)12-4-8-14(20)9-5-12/h2-10H,20H2,1H3,(H,22,23). The highest BCUT2D eigenvalue weighted by atomic mass is 35.5. The first-order valence-corrected chi connectivity index (χ1v) is 8.72. The van der Waals surface area contributed by atoms with Gasteiger partial charge in [-0.15, -0.1) is 0 Å². The predicted molar refractivity (Wildman–Crippen MR) is 99.8 cm³/mol. The lowest BCUT2D eigenvalue weighted by molar-refractivity contribution is -0.136. The van der Waals surface area contributed by atoms with Crippen molar-refractivity contribution in [3.05, 3.63) is 53.6 Å². The second-order valence-corrected chi connectivity index (χ2v) is 7.11. The lowest BCUT2D eigenvalue weighted by atomic mass is 10.1. The number of carboxylic acid groups (broad SMARTS) is 1. The number of aliphatic carboxylic acids is 1. The number of thioether (sulfide) groups is 1. The Bertz CT molecular complexity index is 829. The Kier molecular flexibility index (Phi) is 5.01. The zero-order valence-corrected chi connectivity index (χ0v) is 14.8. The molecule has 0 saturated carbocycles. The van der Waals surface area contributed by atoms with Crippen LogP contribution in [0.1, 0.15) is 6.92 Å². The quantitative estimate of drug-likeness (QED) is 0.492. The number of anilines is 1. The molecule has 128 valence electrons. The van der Waals surface area contributed by atoms with Gasteiger partial charge in [0.1, 0.15) is 10.9 Å². The van der Waals surface area contributed by atoms with Crippen molar-refractivity contribution in [3.8, 4) is 22.6 Å². The molecule has 25 heavy (non-hydrogen) atoms. The minimum absolute atomic E-state index is 0.298. The summed E-state index contributed by atoms with van der Waals surface area (Å²) >= 11 is 7.01. The Balaban J connectivity index is 2.07. The molecule has 0 aliphatic heterocycles. The van der Waals surface area contributed by atoms with Crippen LogP contribution in [0.4, 0.5) is 5.69 Å². The van der Waals surface area contributed by atoms with Crippen LogP contribution >= 0.6 is 23.4 Å². The first-order chi connectivity index (χ1) is 11.9. The number of carbonyl (C=O) groups is 1. The summed E-state index contributed by atoms with van der Waals surface area (Å²) in [4.78, 5) is 15.6. The first kappa shape index (κ1) is 17.4. The number of carboxylic acids is 1. The van der Waals surface area contributed by atoms with Crippen LogP contribution in [0.5, 0.6) is 0 Å². The van der Waals surface area contributed by atoms with E-state index < -0.39 is 11.2 Å². The third-order valence-electron chi connectivity index (χ3n) is 3.52. The van der Waals surface area contributed by atoms with Gasteiger partial charge in [-0.25, -0.2) is 4.98 Å². The summed E-state index contributed by atoms with van der Waals surface area (Å²) in [6.45, 7) is 1.59. The highest BCUT2D eigenvalue weighted by Gasteiger charge is 2.21. The molecular formula is C18H15ClN2O3S. The van der Waals surface area contributed by atoms with Crippen molar-refractivity contribution in [2.75, 3.05) is 5.73 Å². The third-order valence-corrected chi connectivity index (χ3v) is 4.71. The molecule has 0 aliphatic rings. The van der Waals surface area contributed by atoms with E-state index >= 15 is 0 Å². The number of oxazole rings is 1. The van der Waals surface area contributed by atoms with Crippen LogP contribution in [0.25, 0.3) is 22.6 Å². The van der Waals surface area contributed by atoms with Crippen molar-refractivity contribution < 1.29 is 14.3 Å². The molecule has 3 aromatic rings. The minimum atomic E-state index is -0.926. The van der Waals surface area contributed by atoms with Gasteiger partial charge in [0.2, 0.25) is 0 Å². The van der Waals surface area contributed by atoms with Gasteiger partial charge in [0, 0.05) is 21.8 Å². The van der Waals surface area contributed by atoms with E-state index in [1.807, 2.05) is 24.3 Å². The van der Waals surface area contributed by atoms with E-state index in [-0.39, 0.29) is 0 Å². The zero-order valence-electron chi connectivity index (χ0n) is 13.3. The number of nitrogens with two attached hydrogens (primary N) is 1. The molecule has 7 heteroatoms. The molecule has 2 aromatic carbocycles. The summed E-state index contributed by atoms with van der Waals surface area (Å²) in [6, 6.07) is 14.4. The molecule has 0 bridgehead atoms. The fourth-order valence-corrected chi connectivity index (χ4v) is 2.99. The molecule has 1 unspecified atom stereocenters. The molecule has 5 nitrogen and oxygen atoms in total. The maximum absolute atomic E-state index is 11.1. The number of nitrogen functional groups attached to an aromatic ring is 1. The number of halogens is 1. The predicted octanol–water partition coefficient (Wildman–Crippen LogP) is 4.81. The lowest BCUT2D eigenvalue weighted by Gasteiger charge is -2.02. The summed E-state index contributed by atoms with van der Waals surface area (Å²) in [5.74, 6) is -0.368. The molecule has 3 N–H and O–H groups in total. The average molecular weight is 375 g/mol. The molecule has 3 rings (SSSR count). The second kappa shape index (κ2) is 7.21. The molecule has 0 saturated heterocycles. The minimum Gasteiger partial charge on any atom is -0.480 e. The fraction of sp³-hybridized carbons (Fsp3) is 0.111. The number of aromatic nitrogens is 1. The van der Waals surface area contributed by atoms with Gasteiger partial charge in [-0.3, -0.25) is 4.79 Å². The third kappa shape index (κ3) is 3.97. The van der Waals surface area contributed by atoms with Gasteiger partial charge in [-0.05, 0) is 43.3 Å². The van der Waals surface area contributed by atoms with Crippen molar-refractivity contribution >= 4 is 35.0 Å². The topological polar surface area (TPSA) is 89.4 Å². The first-order valence-electron chi connectivity index (χ1n) is 7.46. The Morgan fingerprint density at radius 3 is 2.36 bits per heavy atom. The largest absolute Gasteiger partial charge is 0.480 e. The van der Waals surface area contributed by atoms with Gasteiger partial charge in [-0.2, -0.15) is 0 Å². The van der Waals surface area contributed by atoms with E-state index in [1.54, 1.807) is 31.2 Å². The Hall–Kier alpha value is -2.44. The number of hydrogen-bond donors (Lipinski definition) is 2. The van der Waals surface area contributed by atoms with Gasteiger partial charge in [0.25, 0.3) is 5.22 Å². The van der Waals surface area contributed by atoms with Gasteiger partial charge >= 0.3 is 5.97 Å². The molecular weight excluding hydrogens is 360 g/mol. The van der Waals surface area contributed by atoms with Crippen LogP contribution in [-0.4, -0.2) is 21.3 Å². The van der Waals surface area contributed by atoms with Crippen molar-refractivity contribution in [1.29, 1.82) is 0 Å². The summed E-state index contributed by atoms with van der Waals surface area (Å²) in [5, 5.41) is 9.34. The van der Waals surface area contributed by atoms with Gasteiger partial charge in [-0.1, -0.05) is 35.5 Å². The maximum atomic E-state index is 11.1. The number of hydrogen-bond acceptors (Lipinski definition) is 5. The number of rotatable bonds is 5. The molecule has 1 heterocycles. The Morgan fingerprint density at radius 2 is 1.76 bits per heavy atom. The smallest absolute Gasteiger partial charge is 0.316 e. The lowest BCUT2D eigenvalue weighted by Crippen LogP contribution is -2.10. The molecule has 0 radical (unpaired) electrons. The molecule has 1 aromatic heterocycles. The fourth-order valence-electron chi connectivity index (χ4n) is 2.19. The molecule has 1 atom stereocenters. The van der Waals surface area contributed by atoms with Crippen LogP contribution in [-0.2, 0) is 4.79 Å². The summed E-state index contributed by atoms with van der Waals surface area (Å²) < 4.78 is 5.86. The summed E-state index contributed by atoms with van der Waals surface area (Å²) in [6.07, 6.45) is 0. The highest BCUT2D eigenvalue weighted by molar-refractivity contribution is 8.00. The van der Waals surface area contributed by atoms with E-state index in [9.17, 15) is 4.79 Å². The van der Waals surface area contributed by atoms with Gasteiger partial charge in [0.05, 0.1) is 0 Å². The van der Waals surface area contributed by atoms with Gasteiger partial charge in [0.15, 0.2) is 5.76 Å². The Labute approximate surface area is 153 Å². The summed E-state index contributed by atoms with van der Waals surface area (Å²) in [7, 11) is 0. The van der Waals surface area contributed by atoms with Crippen LogP contribution < -0.4 is 5.73 Å². The molecule has 0 spiro atoms. The number of nitrogens with zero attached hydrogens (tertiary/aromatic N) is 1. The van der Waals surface area contributed by atoms with Crippen LogP contribution in [0.2, 0.25) is 5.02 Å². The monoisotopic (exact) mass is 374 g/mol. The Morgan fingerprint density at radius 1 is 1.16 bits per heavy atom. The molecule has 0 amide bonds. The van der Waals surface area contributed by atoms with E-state index in [0.717, 1.165) is 22.9 Å².